The second-order valence-corrected chi connectivity index (χ2v) is 8.66. The van der Waals surface area contributed by atoms with Gasteiger partial charge in [0.1, 0.15) is 0 Å². The van der Waals surface area contributed by atoms with Crippen LogP contribution < -0.4 is 10.6 Å². The van der Waals surface area contributed by atoms with Gasteiger partial charge in [0.05, 0.1) is 11.5 Å². The van der Waals surface area contributed by atoms with E-state index in [-0.39, 0.29) is 17.2 Å². The molecule has 7 heteroatoms. The molecule has 34 heavy (non-hydrogen) atoms. The van der Waals surface area contributed by atoms with Gasteiger partial charge in [0.15, 0.2) is 0 Å². The molecule has 0 aromatic heterocycles. The van der Waals surface area contributed by atoms with E-state index in [1.54, 1.807) is 19.1 Å². The number of carbonyl (C=O) groups is 2. The average molecular weight is 469 g/mol. The van der Waals surface area contributed by atoms with E-state index in [9.17, 15) is 22.8 Å². The molecule has 3 aromatic carbocycles. The van der Waals surface area contributed by atoms with Gasteiger partial charge in [-0.1, -0.05) is 50.2 Å². The fourth-order valence-corrected chi connectivity index (χ4v) is 3.53. The summed E-state index contributed by atoms with van der Waals surface area (Å²) in [7, 11) is 0. The number of carbonyl (C=O) groups excluding carboxylic acids is 2. The van der Waals surface area contributed by atoms with Gasteiger partial charge in [-0.05, 0) is 66.8 Å². The summed E-state index contributed by atoms with van der Waals surface area (Å²) in [5.74, 6) is -0.670. The third kappa shape index (κ3) is 6.70. The average Bonchev–Trinajstić information content (AvgIpc) is 2.78. The zero-order valence-electron chi connectivity index (χ0n) is 19.2. The van der Waals surface area contributed by atoms with Crippen LogP contribution in [0.5, 0.6) is 0 Å². The van der Waals surface area contributed by atoms with E-state index >= 15 is 0 Å². The molecule has 1 unspecified atom stereocenters. The molecule has 178 valence electrons. The van der Waals surface area contributed by atoms with Crippen molar-refractivity contribution >= 4 is 23.2 Å². The lowest BCUT2D eigenvalue weighted by Gasteiger charge is -2.14. The van der Waals surface area contributed by atoms with E-state index in [0.717, 1.165) is 24.1 Å². The molecule has 0 heterocycles. The molecule has 0 radical (unpaired) electrons. The predicted molar refractivity (Wildman–Crippen MR) is 128 cm³/mol. The number of alkyl halides is 3. The summed E-state index contributed by atoms with van der Waals surface area (Å²) in [6.45, 7) is 6.10. The monoisotopic (exact) mass is 468 g/mol. The fraction of sp³-hybridized carbons (Fsp3) is 0.259. The third-order valence-corrected chi connectivity index (χ3v) is 5.36. The smallest absolute Gasteiger partial charge is 0.326 e. The quantitative estimate of drug-likeness (QED) is 0.396. The van der Waals surface area contributed by atoms with Gasteiger partial charge in [0, 0.05) is 16.9 Å². The predicted octanol–water partition coefficient (Wildman–Crippen LogP) is 6.90. The molecule has 0 bridgehead atoms. The zero-order chi connectivity index (χ0) is 24.9. The maximum absolute atomic E-state index is 12.9. The minimum atomic E-state index is -4.50. The minimum absolute atomic E-state index is 0.0313. The van der Waals surface area contributed by atoms with Crippen LogP contribution >= 0.6 is 0 Å². The maximum Gasteiger partial charge on any atom is 0.416 e. The highest BCUT2D eigenvalue weighted by Gasteiger charge is 2.30. The number of hydrogen-bond acceptors (Lipinski definition) is 2. The van der Waals surface area contributed by atoms with Gasteiger partial charge in [0.2, 0.25) is 5.91 Å². The van der Waals surface area contributed by atoms with E-state index in [1.165, 1.54) is 29.8 Å². The molecule has 0 fully saturated rings. The van der Waals surface area contributed by atoms with Gasteiger partial charge in [-0.2, -0.15) is 13.2 Å². The van der Waals surface area contributed by atoms with E-state index in [2.05, 4.69) is 24.5 Å². The van der Waals surface area contributed by atoms with Gasteiger partial charge >= 0.3 is 6.18 Å². The lowest BCUT2D eigenvalue weighted by atomic mass is 9.96. The first-order chi connectivity index (χ1) is 16.0. The second-order valence-electron chi connectivity index (χ2n) is 8.66. The first-order valence-corrected chi connectivity index (χ1v) is 11.0. The summed E-state index contributed by atoms with van der Waals surface area (Å²) < 4.78 is 38.7. The normalized spacial score (nSPS) is 12.3. The highest BCUT2D eigenvalue weighted by Crippen LogP contribution is 2.30. The fourth-order valence-electron chi connectivity index (χ4n) is 3.53. The third-order valence-electron chi connectivity index (χ3n) is 5.36. The van der Waals surface area contributed by atoms with Gasteiger partial charge in [-0.25, -0.2) is 0 Å². The number of nitrogens with one attached hydrogen (secondary N) is 2. The standard InChI is InChI=1S/C27H27F3N2O2/c1-17(2)14-19-10-12-20(13-11-19)18(3)25(33)31-23-8-4-6-21(15-23)26(34)32-24-9-5-7-22(16-24)27(28,29)30/h4-13,15-18H,14H2,1-3H3,(H,31,33)(H,32,34). The van der Waals surface area contributed by atoms with Crippen LogP contribution in [0.4, 0.5) is 24.5 Å². The molecule has 3 rings (SSSR count). The molecule has 0 aliphatic carbocycles. The zero-order valence-corrected chi connectivity index (χ0v) is 19.2. The van der Waals surface area contributed by atoms with E-state index in [1.807, 2.05) is 24.3 Å². The van der Waals surface area contributed by atoms with Crippen LogP contribution in [0.15, 0.2) is 72.8 Å². The molecule has 0 saturated heterocycles. The van der Waals surface area contributed by atoms with E-state index < -0.39 is 23.6 Å². The van der Waals surface area contributed by atoms with Gasteiger partial charge < -0.3 is 10.6 Å². The van der Waals surface area contributed by atoms with Crippen molar-refractivity contribution in [2.75, 3.05) is 10.6 Å². The summed E-state index contributed by atoms with van der Waals surface area (Å²) in [5.41, 5.74) is 1.90. The number of anilines is 2. The molecule has 0 saturated carbocycles. The molecule has 0 aliphatic heterocycles. The van der Waals surface area contributed by atoms with Crippen LogP contribution in [-0.4, -0.2) is 11.8 Å². The summed E-state index contributed by atoms with van der Waals surface area (Å²) in [4.78, 5) is 25.3. The van der Waals surface area contributed by atoms with Crippen molar-refractivity contribution in [2.24, 2.45) is 5.92 Å². The Bertz CT molecular complexity index is 1160. The topological polar surface area (TPSA) is 58.2 Å². The Labute approximate surface area is 197 Å². The summed E-state index contributed by atoms with van der Waals surface area (Å²) in [6.07, 6.45) is -3.54. The molecule has 3 aromatic rings. The molecule has 1 atom stereocenters. The summed E-state index contributed by atoms with van der Waals surface area (Å²) in [6, 6.07) is 18.6. The molecular formula is C27H27F3N2O2. The van der Waals surface area contributed by atoms with Crippen molar-refractivity contribution < 1.29 is 22.8 Å². The maximum atomic E-state index is 12.9. The van der Waals surface area contributed by atoms with Crippen LogP contribution in [0.25, 0.3) is 0 Å². The van der Waals surface area contributed by atoms with Crippen LogP contribution in [0.3, 0.4) is 0 Å². The Morgan fingerprint density at radius 1 is 0.824 bits per heavy atom. The van der Waals surface area contributed by atoms with E-state index in [0.29, 0.717) is 11.6 Å². The number of halogens is 3. The number of rotatable bonds is 7. The number of amides is 2. The molecule has 4 nitrogen and oxygen atoms in total. The Kier molecular flexibility index (Phi) is 7.76. The summed E-state index contributed by atoms with van der Waals surface area (Å²) in [5, 5.41) is 5.27. The molecule has 2 N–H and O–H groups in total. The van der Waals surface area contributed by atoms with Crippen molar-refractivity contribution in [2.45, 2.75) is 39.3 Å². The molecular weight excluding hydrogens is 441 g/mol. The van der Waals surface area contributed by atoms with Gasteiger partial charge in [-0.3, -0.25) is 9.59 Å². The van der Waals surface area contributed by atoms with Gasteiger partial charge in [-0.15, -0.1) is 0 Å². The molecule has 2 amide bonds. The summed E-state index contributed by atoms with van der Waals surface area (Å²) >= 11 is 0. The van der Waals surface area contributed by atoms with Crippen LogP contribution in [0, 0.1) is 5.92 Å². The van der Waals surface area contributed by atoms with Gasteiger partial charge in [0.25, 0.3) is 5.91 Å². The first-order valence-electron chi connectivity index (χ1n) is 11.0. The first kappa shape index (κ1) is 25.0. The Hall–Kier alpha value is -3.61. The highest BCUT2D eigenvalue weighted by molar-refractivity contribution is 6.05. The van der Waals surface area contributed by atoms with Crippen LogP contribution in [0.1, 0.15) is 53.7 Å². The molecule has 0 aliphatic rings. The lowest BCUT2D eigenvalue weighted by molar-refractivity contribution is -0.137. The van der Waals surface area contributed by atoms with Crippen LogP contribution in [0.2, 0.25) is 0 Å². The second kappa shape index (κ2) is 10.5. The number of benzene rings is 3. The largest absolute Gasteiger partial charge is 0.416 e. The Morgan fingerprint density at radius 2 is 1.44 bits per heavy atom. The van der Waals surface area contributed by atoms with Crippen LogP contribution in [-0.2, 0) is 17.4 Å². The van der Waals surface area contributed by atoms with E-state index in [4.69, 9.17) is 0 Å². The van der Waals surface area contributed by atoms with Crippen molar-refractivity contribution in [3.8, 4) is 0 Å². The molecule has 0 spiro atoms. The SMILES string of the molecule is CC(C)Cc1ccc(C(C)C(=O)Nc2cccc(C(=O)Nc3cccc(C(F)(F)F)c3)c2)cc1. The van der Waals surface area contributed by atoms with Crippen molar-refractivity contribution in [3.63, 3.8) is 0 Å². The Balaban J connectivity index is 1.67. The minimum Gasteiger partial charge on any atom is -0.326 e. The van der Waals surface area contributed by atoms with Crippen molar-refractivity contribution in [1.29, 1.82) is 0 Å². The Morgan fingerprint density at radius 3 is 2.06 bits per heavy atom. The van der Waals surface area contributed by atoms with Crippen molar-refractivity contribution in [1.82, 2.24) is 0 Å². The lowest BCUT2D eigenvalue weighted by Crippen LogP contribution is -2.19. The van der Waals surface area contributed by atoms with Crippen molar-refractivity contribution in [3.05, 3.63) is 95.1 Å². The number of hydrogen-bond donors (Lipinski definition) is 2. The highest BCUT2D eigenvalue weighted by atomic mass is 19.4.